The van der Waals surface area contributed by atoms with Crippen LogP contribution in [0.1, 0.15) is 38.0 Å². The second kappa shape index (κ2) is 15.8. The summed E-state index contributed by atoms with van der Waals surface area (Å²) in [5.41, 5.74) is 7.07. The molecule has 5 aromatic rings. The van der Waals surface area contributed by atoms with Gasteiger partial charge in [0.1, 0.15) is 36.4 Å². The molecule has 0 aliphatic carbocycles. The second-order valence-corrected chi connectivity index (χ2v) is 13.9. The maximum Gasteiger partial charge on any atom is 0.459 e. The molecule has 6 atom stereocenters. The minimum absolute atomic E-state index is 0.0649. The Kier molecular flexibility index (Phi) is 11.3. The fraction of sp³-hybridized carbons (Fsp3) is 0.353. The third-order valence-electron chi connectivity index (χ3n) is 8.30. The molecule has 0 saturated carbocycles. The van der Waals surface area contributed by atoms with Crippen molar-refractivity contribution in [1.29, 1.82) is 0 Å². The average Bonchev–Trinajstić information content (AvgIpc) is 3.60. The fourth-order valence-electron chi connectivity index (χ4n) is 5.72. The van der Waals surface area contributed by atoms with Crippen molar-refractivity contribution < 1.29 is 38.1 Å². The number of fused-ring (bicyclic) bond motifs is 2. The number of nitrogens with two attached hydrogens (primary N) is 1. The molecule has 1 fully saturated rings. The largest absolute Gasteiger partial charge is 0.465 e. The zero-order valence-corrected chi connectivity index (χ0v) is 28.8. The van der Waals surface area contributed by atoms with Gasteiger partial charge >= 0.3 is 13.7 Å². The molecule has 0 amide bonds. The summed E-state index contributed by atoms with van der Waals surface area (Å²) in [6.07, 6.45) is -1.72. The first-order chi connectivity index (χ1) is 24.2. The van der Waals surface area contributed by atoms with Crippen LogP contribution in [-0.2, 0) is 29.8 Å². The number of esters is 1. The SMILES string of the molecule is CCCCCOC(=O)[C@H](Cc1ccccc1)NP(=O)(OC[C@H]1O[C@@H](n2c(Cl)nc3c(N)ncnc32)C(O)[C@H]1O)Oc1cccc2ccccc12. The van der Waals surface area contributed by atoms with Crippen molar-refractivity contribution in [1.82, 2.24) is 24.6 Å². The van der Waals surface area contributed by atoms with Gasteiger partial charge in [-0.2, -0.15) is 5.09 Å². The summed E-state index contributed by atoms with van der Waals surface area (Å²) in [5, 5.41) is 26.3. The number of aliphatic hydroxyl groups is 2. The molecule has 2 unspecified atom stereocenters. The Balaban J connectivity index is 1.28. The number of nitrogens with zero attached hydrogens (tertiary/aromatic N) is 4. The second-order valence-electron chi connectivity index (χ2n) is 11.8. The first kappa shape index (κ1) is 35.7. The van der Waals surface area contributed by atoms with Gasteiger partial charge in [0.25, 0.3) is 0 Å². The number of halogens is 1. The molecule has 2 aromatic heterocycles. The number of nitrogen functional groups attached to an aromatic ring is 1. The van der Waals surface area contributed by atoms with Gasteiger partial charge in [-0.15, -0.1) is 0 Å². The van der Waals surface area contributed by atoms with Gasteiger partial charge in [0.15, 0.2) is 23.2 Å². The Morgan fingerprint density at radius 1 is 1.06 bits per heavy atom. The molecule has 3 aromatic carbocycles. The molecule has 3 heterocycles. The van der Waals surface area contributed by atoms with E-state index in [2.05, 4.69) is 20.0 Å². The summed E-state index contributed by atoms with van der Waals surface area (Å²) in [5.74, 6) is -0.339. The van der Waals surface area contributed by atoms with Gasteiger partial charge in [0, 0.05) is 5.39 Å². The zero-order valence-electron chi connectivity index (χ0n) is 27.2. The van der Waals surface area contributed by atoms with E-state index in [1.54, 1.807) is 18.2 Å². The van der Waals surface area contributed by atoms with Crippen LogP contribution in [0, 0.1) is 0 Å². The minimum atomic E-state index is -4.48. The number of benzene rings is 3. The molecule has 1 aliphatic heterocycles. The Bertz CT molecular complexity index is 1980. The summed E-state index contributed by atoms with van der Waals surface area (Å²) < 4.78 is 39.8. The lowest BCUT2D eigenvalue weighted by atomic mass is 10.1. The summed E-state index contributed by atoms with van der Waals surface area (Å²) in [6, 6.07) is 20.7. The van der Waals surface area contributed by atoms with Gasteiger partial charge in [-0.1, -0.05) is 86.5 Å². The number of carbonyl (C=O) groups is 1. The molecular weight excluding hydrogens is 687 g/mol. The molecule has 264 valence electrons. The van der Waals surface area contributed by atoms with Crippen molar-refractivity contribution >= 4 is 53.1 Å². The van der Waals surface area contributed by atoms with Crippen LogP contribution in [0.5, 0.6) is 5.75 Å². The lowest BCUT2D eigenvalue weighted by Crippen LogP contribution is -2.40. The highest BCUT2D eigenvalue weighted by atomic mass is 35.5. The normalized spacial score (nSPS) is 20.9. The van der Waals surface area contributed by atoms with Gasteiger partial charge in [0.2, 0.25) is 5.28 Å². The van der Waals surface area contributed by atoms with Crippen molar-refractivity contribution in [3.63, 3.8) is 0 Å². The molecule has 1 aliphatic rings. The topological polar surface area (TPSA) is 193 Å². The monoisotopic (exact) mass is 724 g/mol. The number of anilines is 1. The van der Waals surface area contributed by atoms with Crippen LogP contribution in [0.15, 0.2) is 79.1 Å². The number of carbonyl (C=O) groups excluding carboxylic acids is 1. The van der Waals surface area contributed by atoms with E-state index in [0.29, 0.717) is 11.8 Å². The molecule has 5 N–H and O–H groups in total. The van der Waals surface area contributed by atoms with Crippen LogP contribution in [0.25, 0.3) is 21.9 Å². The van der Waals surface area contributed by atoms with Gasteiger partial charge < -0.3 is 29.9 Å². The number of rotatable bonds is 15. The van der Waals surface area contributed by atoms with Crippen molar-refractivity contribution in [2.45, 2.75) is 63.2 Å². The molecule has 0 radical (unpaired) electrons. The Labute approximate surface area is 293 Å². The zero-order chi connectivity index (χ0) is 35.3. The molecule has 1 saturated heterocycles. The summed E-state index contributed by atoms with van der Waals surface area (Å²) in [7, 11) is -4.48. The number of hydrogen-bond acceptors (Lipinski definition) is 12. The van der Waals surface area contributed by atoms with Crippen LogP contribution < -0.4 is 15.3 Å². The highest BCUT2D eigenvalue weighted by molar-refractivity contribution is 7.52. The van der Waals surface area contributed by atoms with Crippen LogP contribution in [0.3, 0.4) is 0 Å². The number of imidazole rings is 1. The standard InChI is InChI=1S/C34H38ClN6O8P/c1-2-3-9-17-46-33(44)24(18-21-11-5-4-6-12-21)40-50(45,49-25-16-10-14-22-13-7-8-15-23(22)25)47-19-26-28(42)29(43)32(48-26)41-31-27(39-34(41)35)30(36)37-20-38-31/h4-8,10-16,20,24,26,28-29,32,42-43H,2-3,9,17-19H2,1H3,(H,40,45)(H2,36,37,38)/t24-,26+,28-,29?,32+,50?/m0/s1. The van der Waals surface area contributed by atoms with E-state index in [9.17, 15) is 19.6 Å². The minimum Gasteiger partial charge on any atom is -0.465 e. The van der Waals surface area contributed by atoms with Crippen molar-refractivity contribution in [3.8, 4) is 5.75 Å². The van der Waals surface area contributed by atoms with E-state index in [1.807, 2.05) is 61.5 Å². The van der Waals surface area contributed by atoms with Crippen LogP contribution in [0.4, 0.5) is 5.82 Å². The number of ether oxygens (including phenoxy) is 2. The van der Waals surface area contributed by atoms with Crippen molar-refractivity contribution in [3.05, 3.63) is 90.0 Å². The van der Waals surface area contributed by atoms with E-state index >= 15 is 0 Å². The van der Waals surface area contributed by atoms with Crippen LogP contribution in [0.2, 0.25) is 5.28 Å². The highest BCUT2D eigenvalue weighted by Gasteiger charge is 2.47. The van der Waals surface area contributed by atoms with Gasteiger partial charge in [-0.3, -0.25) is 13.9 Å². The Hall–Kier alpha value is -4.14. The lowest BCUT2D eigenvalue weighted by Gasteiger charge is -2.26. The number of nitrogens with one attached hydrogen (secondary N) is 1. The maximum atomic E-state index is 14.8. The first-order valence-electron chi connectivity index (χ1n) is 16.2. The number of aliphatic hydroxyl groups excluding tert-OH is 2. The molecule has 50 heavy (non-hydrogen) atoms. The van der Waals surface area contributed by atoms with Crippen LogP contribution >= 0.6 is 19.3 Å². The van der Waals surface area contributed by atoms with E-state index < -0.39 is 50.9 Å². The lowest BCUT2D eigenvalue weighted by molar-refractivity contribution is -0.146. The summed E-state index contributed by atoms with van der Waals surface area (Å²) >= 11 is 6.38. The fourth-order valence-corrected chi connectivity index (χ4v) is 7.50. The number of aromatic nitrogens is 4. The summed E-state index contributed by atoms with van der Waals surface area (Å²) in [4.78, 5) is 25.7. The molecular formula is C34H38ClN6O8P. The van der Waals surface area contributed by atoms with E-state index in [0.717, 1.165) is 23.8 Å². The van der Waals surface area contributed by atoms with E-state index in [-0.39, 0.29) is 41.0 Å². The van der Waals surface area contributed by atoms with Crippen molar-refractivity contribution in [2.24, 2.45) is 0 Å². The van der Waals surface area contributed by atoms with Gasteiger partial charge in [-0.25, -0.2) is 19.5 Å². The number of hydrogen-bond donors (Lipinski definition) is 4. The van der Waals surface area contributed by atoms with Gasteiger partial charge in [0.05, 0.1) is 13.2 Å². The predicted molar refractivity (Wildman–Crippen MR) is 186 cm³/mol. The molecule has 14 nitrogen and oxygen atoms in total. The average molecular weight is 725 g/mol. The quantitative estimate of drug-likeness (QED) is 0.0490. The molecule has 0 bridgehead atoms. The Morgan fingerprint density at radius 3 is 2.62 bits per heavy atom. The summed E-state index contributed by atoms with van der Waals surface area (Å²) in [6.45, 7) is 1.70. The van der Waals surface area contributed by atoms with E-state index in [4.69, 9.17) is 35.9 Å². The van der Waals surface area contributed by atoms with Crippen molar-refractivity contribution in [2.75, 3.05) is 18.9 Å². The van der Waals surface area contributed by atoms with E-state index in [1.165, 1.54) is 10.9 Å². The molecule has 16 heteroatoms. The predicted octanol–water partition coefficient (Wildman–Crippen LogP) is 4.97. The first-order valence-corrected chi connectivity index (χ1v) is 18.1. The molecule has 0 spiro atoms. The third kappa shape index (κ3) is 7.92. The molecule has 6 rings (SSSR count). The Morgan fingerprint density at radius 2 is 1.82 bits per heavy atom. The van der Waals surface area contributed by atoms with Crippen LogP contribution in [-0.4, -0.2) is 73.3 Å². The third-order valence-corrected chi connectivity index (χ3v) is 10.1. The number of unbranched alkanes of at least 4 members (excludes halogenated alkanes) is 2. The smallest absolute Gasteiger partial charge is 0.459 e. The van der Waals surface area contributed by atoms with Gasteiger partial charge in [-0.05, 0) is 41.5 Å². The highest BCUT2D eigenvalue weighted by Crippen LogP contribution is 2.48. The maximum absolute atomic E-state index is 14.8.